The maximum Gasteiger partial charge on any atom is 0.265 e. The second-order valence-corrected chi connectivity index (χ2v) is 8.13. The maximum atomic E-state index is 13.8. The molecule has 2 aromatic carbocycles. The van der Waals surface area contributed by atoms with Gasteiger partial charge in [-0.3, -0.25) is 4.79 Å². The van der Waals surface area contributed by atoms with Crippen LogP contribution in [-0.4, -0.2) is 20.9 Å². The molecule has 2 heterocycles. The van der Waals surface area contributed by atoms with Crippen molar-refractivity contribution in [3.8, 4) is 0 Å². The van der Waals surface area contributed by atoms with E-state index in [-0.39, 0.29) is 16.3 Å². The fourth-order valence-electron chi connectivity index (χ4n) is 3.50. The summed E-state index contributed by atoms with van der Waals surface area (Å²) < 4.78 is 39.9. The number of carbonyl (C=O) groups excluding carboxylic acids is 1. The van der Waals surface area contributed by atoms with E-state index in [1.165, 1.54) is 12.1 Å². The minimum Gasteiger partial charge on any atom is -0.347 e. The van der Waals surface area contributed by atoms with Crippen LogP contribution in [0.2, 0.25) is 0 Å². The highest BCUT2D eigenvalue weighted by molar-refractivity contribution is 7.96. The topological polar surface area (TPSA) is 66.5 Å². The van der Waals surface area contributed by atoms with E-state index in [2.05, 4.69) is 5.32 Å². The molecule has 2 aromatic rings. The number of fused-ring (bicyclic) bond motifs is 3. The second kappa shape index (κ2) is 6.25. The van der Waals surface area contributed by atoms with Crippen molar-refractivity contribution in [2.24, 2.45) is 0 Å². The monoisotopic (exact) mass is 372 g/mol. The molecule has 0 unspecified atom stereocenters. The number of para-hydroxylation sites is 1. The number of hydrogen-bond acceptors (Lipinski definition) is 4. The molecule has 0 aliphatic carbocycles. The van der Waals surface area contributed by atoms with Crippen molar-refractivity contribution in [1.82, 2.24) is 5.32 Å². The summed E-state index contributed by atoms with van der Waals surface area (Å²) >= 11 is 0. The highest BCUT2D eigenvalue weighted by Gasteiger charge is 2.41. The van der Waals surface area contributed by atoms with E-state index in [9.17, 15) is 17.6 Å². The molecule has 1 amide bonds. The molecule has 5 nitrogen and oxygen atoms in total. The molecule has 4 rings (SSSR count). The molecular weight excluding hydrogens is 355 g/mol. The second-order valence-electron chi connectivity index (χ2n) is 6.28. The SMILES string of the molecule is O=C(NCc1ccccc1F)C1=C2CCCN2c2ccccc2S1(=O)=O. The predicted molar refractivity (Wildman–Crippen MR) is 95.5 cm³/mol. The minimum absolute atomic E-state index is 0.0700. The summed E-state index contributed by atoms with van der Waals surface area (Å²) in [6.45, 7) is 0.603. The van der Waals surface area contributed by atoms with Crippen molar-refractivity contribution in [2.45, 2.75) is 24.3 Å². The number of anilines is 1. The summed E-state index contributed by atoms with van der Waals surface area (Å²) in [6.07, 6.45) is 1.30. The number of nitrogens with one attached hydrogen (secondary N) is 1. The number of benzene rings is 2. The zero-order valence-corrected chi connectivity index (χ0v) is 14.7. The van der Waals surface area contributed by atoms with Crippen LogP contribution in [0.1, 0.15) is 18.4 Å². The summed E-state index contributed by atoms with van der Waals surface area (Å²) in [5, 5.41) is 2.57. The first-order chi connectivity index (χ1) is 12.5. The third-order valence-electron chi connectivity index (χ3n) is 4.70. The van der Waals surface area contributed by atoms with Gasteiger partial charge in [0.2, 0.25) is 9.84 Å². The van der Waals surface area contributed by atoms with Crippen LogP contribution in [0.4, 0.5) is 10.1 Å². The van der Waals surface area contributed by atoms with Gasteiger partial charge in [-0.2, -0.15) is 0 Å². The summed E-state index contributed by atoms with van der Waals surface area (Å²) in [7, 11) is -3.92. The van der Waals surface area contributed by atoms with Gasteiger partial charge in [0.15, 0.2) is 4.91 Å². The average Bonchev–Trinajstić information content (AvgIpc) is 3.10. The van der Waals surface area contributed by atoms with E-state index in [1.54, 1.807) is 36.4 Å². The summed E-state index contributed by atoms with van der Waals surface area (Å²) in [6, 6.07) is 12.8. The zero-order valence-electron chi connectivity index (χ0n) is 13.9. The Morgan fingerprint density at radius 3 is 2.65 bits per heavy atom. The highest BCUT2D eigenvalue weighted by Crippen LogP contribution is 2.43. The number of nitrogens with zero attached hydrogens (tertiary/aromatic N) is 1. The smallest absolute Gasteiger partial charge is 0.265 e. The van der Waals surface area contributed by atoms with Gasteiger partial charge >= 0.3 is 0 Å². The van der Waals surface area contributed by atoms with Gasteiger partial charge in [-0.25, -0.2) is 12.8 Å². The lowest BCUT2D eigenvalue weighted by Gasteiger charge is -2.29. The van der Waals surface area contributed by atoms with Gasteiger partial charge in [-0.15, -0.1) is 0 Å². The Bertz CT molecular complexity index is 1030. The fourth-order valence-corrected chi connectivity index (χ4v) is 5.27. The Kier molecular flexibility index (Phi) is 4.03. The van der Waals surface area contributed by atoms with E-state index in [4.69, 9.17) is 0 Å². The third-order valence-corrected chi connectivity index (χ3v) is 6.58. The van der Waals surface area contributed by atoms with Crippen LogP contribution in [-0.2, 0) is 21.2 Å². The number of hydrogen-bond donors (Lipinski definition) is 1. The van der Waals surface area contributed by atoms with Gasteiger partial charge < -0.3 is 10.2 Å². The molecule has 7 heteroatoms. The Morgan fingerprint density at radius 2 is 1.85 bits per heavy atom. The van der Waals surface area contributed by atoms with Gasteiger partial charge in [0.1, 0.15) is 5.82 Å². The van der Waals surface area contributed by atoms with E-state index in [0.717, 1.165) is 6.42 Å². The van der Waals surface area contributed by atoms with Gasteiger partial charge in [0.25, 0.3) is 5.91 Å². The van der Waals surface area contributed by atoms with Crippen LogP contribution in [0.3, 0.4) is 0 Å². The number of amides is 1. The zero-order chi connectivity index (χ0) is 18.3. The molecule has 0 atom stereocenters. The molecule has 26 heavy (non-hydrogen) atoms. The van der Waals surface area contributed by atoms with Gasteiger partial charge in [0.05, 0.1) is 10.6 Å². The highest BCUT2D eigenvalue weighted by atomic mass is 32.2. The Morgan fingerprint density at radius 1 is 1.12 bits per heavy atom. The normalized spacial score (nSPS) is 17.7. The van der Waals surface area contributed by atoms with E-state index in [1.807, 2.05) is 4.90 Å². The van der Waals surface area contributed by atoms with Crippen molar-refractivity contribution >= 4 is 21.4 Å². The van der Waals surface area contributed by atoms with Crippen molar-refractivity contribution in [2.75, 3.05) is 11.4 Å². The van der Waals surface area contributed by atoms with Gasteiger partial charge in [-0.05, 0) is 31.0 Å². The Hall–Kier alpha value is -2.67. The van der Waals surface area contributed by atoms with Crippen molar-refractivity contribution in [3.63, 3.8) is 0 Å². The number of allylic oxidation sites excluding steroid dienone is 1. The minimum atomic E-state index is -3.92. The van der Waals surface area contributed by atoms with Crippen molar-refractivity contribution in [1.29, 1.82) is 0 Å². The van der Waals surface area contributed by atoms with E-state index >= 15 is 0 Å². The van der Waals surface area contributed by atoms with Crippen LogP contribution in [0, 0.1) is 5.82 Å². The largest absolute Gasteiger partial charge is 0.347 e. The molecule has 0 saturated carbocycles. The van der Waals surface area contributed by atoms with Crippen LogP contribution in [0.25, 0.3) is 0 Å². The Balaban J connectivity index is 1.71. The summed E-state index contributed by atoms with van der Waals surface area (Å²) in [5.41, 5.74) is 1.45. The maximum absolute atomic E-state index is 13.8. The van der Waals surface area contributed by atoms with Crippen LogP contribution < -0.4 is 10.2 Å². The number of sulfone groups is 1. The summed E-state index contributed by atoms with van der Waals surface area (Å²) in [4.78, 5) is 14.6. The lowest BCUT2D eigenvalue weighted by molar-refractivity contribution is -0.117. The summed E-state index contributed by atoms with van der Waals surface area (Å²) in [5.74, 6) is -1.13. The standard InChI is InChI=1S/C19H17FN2O3S/c20-14-7-2-1-6-13(14)12-21-19(23)18-16-9-5-11-22(16)15-8-3-4-10-17(15)26(18,24)25/h1-4,6-8,10H,5,9,11-12H2,(H,21,23). The lowest BCUT2D eigenvalue weighted by Crippen LogP contribution is -2.35. The molecule has 2 aliphatic rings. The van der Waals surface area contributed by atoms with Crippen molar-refractivity contribution < 1.29 is 17.6 Å². The van der Waals surface area contributed by atoms with Gasteiger partial charge in [-0.1, -0.05) is 30.3 Å². The molecule has 0 spiro atoms. The number of carbonyl (C=O) groups is 1. The third kappa shape index (κ3) is 2.59. The first kappa shape index (κ1) is 16.8. The van der Waals surface area contributed by atoms with Crippen molar-refractivity contribution in [3.05, 3.63) is 70.5 Å². The molecule has 134 valence electrons. The van der Waals surface area contributed by atoms with Crippen LogP contribution in [0.5, 0.6) is 0 Å². The molecular formula is C19H17FN2O3S. The first-order valence-electron chi connectivity index (χ1n) is 8.36. The molecule has 2 aliphatic heterocycles. The van der Waals surface area contributed by atoms with Crippen LogP contribution in [0.15, 0.2) is 64.0 Å². The molecule has 0 radical (unpaired) electrons. The van der Waals surface area contributed by atoms with E-state index < -0.39 is 21.6 Å². The molecule has 0 bridgehead atoms. The number of rotatable bonds is 3. The lowest BCUT2D eigenvalue weighted by atomic mass is 10.2. The fraction of sp³-hybridized carbons (Fsp3) is 0.211. The quantitative estimate of drug-likeness (QED) is 0.900. The average molecular weight is 372 g/mol. The Labute approximate surface area is 151 Å². The number of halogens is 1. The molecule has 1 fully saturated rings. The predicted octanol–water partition coefficient (Wildman–Crippen LogP) is 2.74. The van der Waals surface area contributed by atoms with E-state index in [0.29, 0.717) is 29.9 Å². The molecule has 1 saturated heterocycles. The molecule has 1 N–H and O–H groups in total. The molecule has 0 aromatic heterocycles. The first-order valence-corrected chi connectivity index (χ1v) is 9.85. The van der Waals surface area contributed by atoms with Crippen LogP contribution >= 0.6 is 0 Å². The van der Waals surface area contributed by atoms with Gasteiger partial charge in [0, 0.05) is 24.4 Å².